The Hall–Kier alpha value is -2.87. The number of benzene rings is 2. The van der Waals surface area contributed by atoms with E-state index in [4.69, 9.17) is 42.1 Å². The van der Waals surface area contributed by atoms with Crippen LogP contribution in [0.3, 0.4) is 0 Å². The summed E-state index contributed by atoms with van der Waals surface area (Å²) in [4.78, 5) is 16.1. The third-order valence-corrected chi connectivity index (χ3v) is 4.59. The van der Waals surface area contributed by atoms with E-state index in [1.807, 2.05) is 0 Å². The minimum atomic E-state index is -0.814. The van der Waals surface area contributed by atoms with Gasteiger partial charge in [0.05, 0.1) is 18.2 Å². The van der Waals surface area contributed by atoms with Crippen molar-refractivity contribution in [3.05, 3.63) is 82.2 Å². The molecule has 0 saturated carbocycles. The van der Waals surface area contributed by atoms with Crippen LogP contribution >= 0.6 is 23.2 Å². The number of rotatable bonds is 10. The van der Waals surface area contributed by atoms with E-state index < -0.39 is 12.1 Å². The monoisotopic (exact) mass is 479 g/mol. The van der Waals surface area contributed by atoms with E-state index in [1.54, 1.807) is 43.3 Å². The molecule has 1 heterocycles. The summed E-state index contributed by atoms with van der Waals surface area (Å²) < 4.78 is 34.6. The third-order valence-electron chi connectivity index (χ3n) is 4.11. The smallest absolute Gasteiger partial charge is 0.347 e. The van der Waals surface area contributed by atoms with Gasteiger partial charge >= 0.3 is 5.97 Å². The Morgan fingerprint density at radius 3 is 2.41 bits per heavy atom. The van der Waals surface area contributed by atoms with Gasteiger partial charge in [0.1, 0.15) is 28.9 Å². The molecule has 1 atom stereocenters. The SMILES string of the molecule is CC(Oc1ccc(Oc2ncc(Cl)cc2Cl)cc1)C(=O)OCCOCc1ccc(F)cc1. The second-order valence-electron chi connectivity index (χ2n) is 6.62. The molecular formula is C23H20Cl2FNO5. The first-order valence-electron chi connectivity index (χ1n) is 9.65. The van der Waals surface area contributed by atoms with Gasteiger partial charge in [-0.2, -0.15) is 0 Å². The van der Waals surface area contributed by atoms with Crippen LogP contribution in [0, 0.1) is 5.82 Å². The maximum Gasteiger partial charge on any atom is 0.347 e. The highest BCUT2D eigenvalue weighted by molar-refractivity contribution is 6.35. The van der Waals surface area contributed by atoms with Crippen LogP contribution in [0.25, 0.3) is 0 Å². The molecule has 1 aromatic heterocycles. The number of carbonyl (C=O) groups is 1. The molecule has 2 aromatic carbocycles. The molecule has 6 nitrogen and oxygen atoms in total. The van der Waals surface area contributed by atoms with Crippen LogP contribution in [-0.4, -0.2) is 30.3 Å². The third kappa shape index (κ3) is 7.37. The Kier molecular flexibility index (Phi) is 8.67. The number of aromatic nitrogens is 1. The Bertz CT molecular complexity index is 1030. The van der Waals surface area contributed by atoms with E-state index in [2.05, 4.69) is 4.98 Å². The van der Waals surface area contributed by atoms with Crippen LogP contribution in [-0.2, 0) is 20.9 Å². The number of carbonyl (C=O) groups excluding carboxylic acids is 1. The van der Waals surface area contributed by atoms with Crippen molar-refractivity contribution in [1.29, 1.82) is 0 Å². The zero-order valence-electron chi connectivity index (χ0n) is 17.1. The van der Waals surface area contributed by atoms with Crippen LogP contribution in [0.1, 0.15) is 12.5 Å². The van der Waals surface area contributed by atoms with E-state index in [-0.39, 0.29) is 29.9 Å². The average molecular weight is 480 g/mol. The van der Waals surface area contributed by atoms with Crippen molar-refractivity contribution in [2.45, 2.75) is 19.6 Å². The summed E-state index contributed by atoms with van der Waals surface area (Å²) in [6.07, 6.45) is 0.618. The summed E-state index contributed by atoms with van der Waals surface area (Å²) in [6.45, 7) is 2.18. The molecule has 3 rings (SSSR count). The number of pyridine rings is 1. The maximum absolute atomic E-state index is 12.9. The number of ether oxygens (including phenoxy) is 4. The lowest BCUT2D eigenvalue weighted by Gasteiger charge is -2.14. The number of hydrogen-bond acceptors (Lipinski definition) is 6. The summed E-state index contributed by atoms with van der Waals surface area (Å²) in [5, 5.41) is 0.697. The Balaban J connectivity index is 1.39. The van der Waals surface area contributed by atoms with E-state index in [9.17, 15) is 9.18 Å². The first-order valence-corrected chi connectivity index (χ1v) is 10.4. The molecule has 168 valence electrons. The van der Waals surface area contributed by atoms with Crippen molar-refractivity contribution in [1.82, 2.24) is 4.98 Å². The van der Waals surface area contributed by atoms with Gasteiger partial charge in [-0.25, -0.2) is 14.2 Å². The molecule has 0 fully saturated rings. The highest BCUT2D eigenvalue weighted by Gasteiger charge is 2.16. The summed E-state index contributed by atoms with van der Waals surface area (Å²) >= 11 is 11.9. The van der Waals surface area contributed by atoms with Crippen LogP contribution in [0.2, 0.25) is 10.0 Å². The molecule has 0 bridgehead atoms. The molecule has 3 aromatic rings. The summed E-state index contributed by atoms with van der Waals surface area (Å²) in [7, 11) is 0. The predicted molar refractivity (Wildman–Crippen MR) is 118 cm³/mol. The van der Waals surface area contributed by atoms with Crippen LogP contribution in [0.15, 0.2) is 60.8 Å². The predicted octanol–water partition coefficient (Wildman–Crippen LogP) is 5.85. The van der Waals surface area contributed by atoms with Gasteiger partial charge in [-0.05, 0) is 55.0 Å². The van der Waals surface area contributed by atoms with Gasteiger partial charge in [0.2, 0.25) is 5.88 Å². The fourth-order valence-corrected chi connectivity index (χ4v) is 2.94. The molecule has 9 heteroatoms. The molecule has 0 amide bonds. The highest BCUT2D eigenvalue weighted by Crippen LogP contribution is 2.30. The Morgan fingerprint density at radius 1 is 1.03 bits per heavy atom. The fourth-order valence-electron chi connectivity index (χ4n) is 2.52. The van der Waals surface area contributed by atoms with Gasteiger partial charge in [0.15, 0.2) is 6.10 Å². The number of hydrogen-bond donors (Lipinski definition) is 0. The first kappa shape index (κ1) is 23.8. The van der Waals surface area contributed by atoms with Gasteiger partial charge < -0.3 is 18.9 Å². The van der Waals surface area contributed by atoms with Crippen LogP contribution in [0.5, 0.6) is 17.4 Å². The zero-order chi connectivity index (χ0) is 22.9. The molecule has 0 N–H and O–H groups in total. The van der Waals surface area contributed by atoms with Crippen molar-refractivity contribution in [3.63, 3.8) is 0 Å². The molecule has 0 radical (unpaired) electrons. The van der Waals surface area contributed by atoms with Gasteiger partial charge in [0.25, 0.3) is 0 Å². The van der Waals surface area contributed by atoms with Crippen molar-refractivity contribution in [3.8, 4) is 17.4 Å². The molecule has 0 aliphatic rings. The maximum atomic E-state index is 12.9. The van der Waals surface area contributed by atoms with Gasteiger partial charge in [-0.15, -0.1) is 0 Å². The molecule has 0 spiro atoms. The minimum absolute atomic E-state index is 0.0787. The standard InChI is InChI=1S/C23H20Cl2FNO5/c1-15(23(28)30-11-10-29-14-16-2-4-18(26)5-3-16)31-19-6-8-20(9-7-19)32-22-21(25)12-17(24)13-27-22/h2-9,12-13,15H,10-11,14H2,1H3. The average Bonchev–Trinajstić information content (AvgIpc) is 2.78. The minimum Gasteiger partial charge on any atom is -0.479 e. The van der Waals surface area contributed by atoms with Crippen molar-refractivity contribution in [2.24, 2.45) is 0 Å². The van der Waals surface area contributed by atoms with Gasteiger partial charge in [-0.1, -0.05) is 35.3 Å². The molecule has 0 aliphatic heterocycles. The van der Waals surface area contributed by atoms with Gasteiger partial charge in [-0.3, -0.25) is 0 Å². The quantitative estimate of drug-likeness (QED) is 0.268. The summed E-state index contributed by atoms with van der Waals surface area (Å²) in [5.74, 6) is 0.352. The largest absolute Gasteiger partial charge is 0.479 e. The van der Waals surface area contributed by atoms with E-state index in [0.29, 0.717) is 23.1 Å². The van der Waals surface area contributed by atoms with E-state index in [1.165, 1.54) is 24.4 Å². The number of esters is 1. The van der Waals surface area contributed by atoms with Crippen LogP contribution in [0.4, 0.5) is 4.39 Å². The zero-order valence-corrected chi connectivity index (χ0v) is 18.6. The lowest BCUT2D eigenvalue weighted by molar-refractivity contribution is -0.152. The lowest BCUT2D eigenvalue weighted by Crippen LogP contribution is -2.27. The highest BCUT2D eigenvalue weighted by atomic mass is 35.5. The van der Waals surface area contributed by atoms with Crippen LogP contribution < -0.4 is 9.47 Å². The second-order valence-corrected chi connectivity index (χ2v) is 7.46. The van der Waals surface area contributed by atoms with Gasteiger partial charge in [0, 0.05) is 6.20 Å². The normalized spacial score (nSPS) is 11.6. The molecule has 1 unspecified atom stereocenters. The second kappa shape index (κ2) is 11.7. The Labute approximate surface area is 194 Å². The fraction of sp³-hybridized carbons (Fsp3) is 0.217. The van der Waals surface area contributed by atoms with Crippen molar-refractivity contribution < 1.29 is 28.1 Å². The molecule has 0 saturated heterocycles. The molecular weight excluding hydrogens is 460 g/mol. The topological polar surface area (TPSA) is 66.9 Å². The van der Waals surface area contributed by atoms with E-state index in [0.717, 1.165) is 5.56 Å². The number of halogens is 3. The molecule has 32 heavy (non-hydrogen) atoms. The number of nitrogens with zero attached hydrogens (tertiary/aromatic N) is 1. The first-order chi connectivity index (χ1) is 15.4. The van der Waals surface area contributed by atoms with Crippen molar-refractivity contribution in [2.75, 3.05) is 13.2 Å². The summed E-state index contributed by atoms with van der Waals surface area (Å²) in [5.41, 5.74) is 0.830. The molecule has 0 aliphatic carbocycles. The lowest BCUT2D eigenvalue weighted by atomic mass is 10.2. The Morgan fingerprint density at radius 2 is 1.72 bits per heavy atom. The van der Waals surface area contributed by atoms with Crippen molar-refractivity contribution >= 4 is 29.2 Å². The summed E-state index contributed by atoms with van der Waals surface area (Å²) in [6, 6.07) is 14.1. The van der Waals surface area contributed by atoms with E-state index >= 15 is 0 Å².